The summed E-state index contributed by atoms with van der Waals surface area (Å²) in [5.74, 6) is -0.978. The van der Waals surface area contributed by atoms with E-state index in [1.807, 2.05) is 31.2 Å². The van der Waals surface area contributed by atoms with Gasteiger partial charge in [0.05, 0.1) is 23.5 Å². The molecule has 0 radical (unpaired) electrons. The van der Waals surface area contributed by atoms with Crippen molar-refractivity contribution >= 4 is 35.2 Å². The van der Waals surface area contributed by atoms with Gasteiger partial charge in [0.25, 0.3) is 0 Å². The van der Waals surface area contributed by atoms with Gasteiger partial charge in [-0.15, -0.1) is 11.8 Å². The molecule has 0 bridgehead atoms. The highest BCUT2D eigenvalue weighted by molar-refractivity contribution is 8.00. The molecule has 3 rings (SSSR count). The molecule has 27 heavy (non-hydrogen) atoms. The number of thioether (sulfide) groups is 1. The monoisotopic (exact) mass is 392 g/mol. The highest BCUT2D eigenvalue weighted by Crippen LogP contribution is 2.42. The Morgan fingerprint density at radius 2 is 2.04 bits per heavy atom. The van der Waals surface area contributed by atoms with Gasteiger partial charge in [0.1, 0.15) is 0 Å². The lowest BCUT2D eigenvalue weighted by Crippen LogP contribution is -2.45. The molecule has 2 aliphatic rings. The fraction of sp³-hybridized carbons (Fsp3) is 0.526. The van der Waals surface area contributed by atoms with E-state index in [0.29, 0.717) is 26.2 Å². The van der Waals surface area contributed by atoms with Crippen LogP contribution < -0.4 is 5.32 Å². The maximum absolute atomic E-state index is 12.5. The van der Waals surface area contributed by atoms with Crippen molar-refractivity contribution < 1.29 is 24.2 Å². The standard InChI is InChI=1S/C19H24N2O5S/c1-13-2-4-15(5-3-13)20-16(22)10-27-11-17(23)21-8-14-9-26-7-6-19(14,12-21)18(24)25/h2-5,14H,6-12H2,1H3,(H,20,22)(H,24,25)/t14-,19+/m0/s1. The number of nitrogens with one attached hydrogen (secondary N) is 1. The Labute approximate surface area is 162 Å². The molecule has 2 atom stereocenters. The maximum atomic E-state index is 12.5. The molecule has 2 saturated heterocycles. The first kappa shape index (κ1) is 19.7. The summed E-state index contributed by atoms with van der Waals surface area (Å²) in [7, 11) is 0. The number of carbonyl (C=O) groups excluding carboxylic acids is 2. The minimum absolute atomic E-state index is 0.127. The summed E-state index contributed by atoms with van der Waals surface area (Å²) < 4.78 is 5.40. The minimum Gasteiger partial charge on any atom is -0.481 e. The third-order valence-electron chi connectivity index (χ3n) is 5.28. The molecule has 146 valence electrons. The fourth-order valence-corrected chi connectivity index (χ4v) is 4.36. The summed E-state index contributed by atoms with van der Waals surface area (Å²) in [6, 6.07) is 7.51. The average Bonchev–Trinajstić information content (AvgIpc) is 3.05. The van der Waals surface area contributed by atoms with E-state index in [4.69, 9.17) is 4.74 Å². The molecule has 2 fully saturated rings. The van der Waals surface area contributed by atoms with Gasteiger partial charge in [-0.1, -0.05) is 17.7 Å². The van der Waals surface area contributed by atoms with Gasteiger partial charge in [-0.2, -0.15) is 0 Å². The summed E-state index contributed by atoms with van der Waals surface area (Å²) in [6.45, 7) is 3.40. The van der Waals surface area contributed by atoms with Gasteiger partial charge in [0.2, 0.25) is 11.8 Å². The number of hydrogen-bond acceptors (Lipinski definition) is 5. The molecule has 0 unspecified atom stereocenters. The van der Waals surface area contributed by atoms with E-state index in [1.54, 1.807) is 4.90 Å². The first-order valence-electron chi connectivity index (χ1n) is 8.94. The van der Waals surface area contributed by atoms with Crippen LogP contribution in [0.25, 0.3) is 0 Å². The average molecular weight is 392 g/mol. The van der Waals surface area contributed by atoms with Crippen molar-refractivity contribution in [2.75, 3.05) is 43.1 Å². The van der Waals surface area contributed by atoms with Crippen LogP contribution in [0, 0.1) is 18.3 Å². The number of hydrogen-bond donors (Lipinski definition) is 2. The Kier molecular flexibility index (Phi) is 6.06. The molecule has 0 spiro atoms. The summed E-state index contributed by atoms with van der Waals surface area (Å²) >= 11 is 1.24. The lowest BCUT2D eigenvalue weighted by atomic mass is 9.74. The smallest absolute Gasteiger partial charge is 0.311 e. The van der Waals surface area contributed by atoms with Gasteiger partial charge in [-0.25, -0.2) is 0 Å². The van der Waals surface area contributed by atoms with Crippen LogP contribution in [0.1, 0.15) is 12.0 Å². The quantitative estimate of drug-likeness (QED) is 0.764. The molecule has 0 aliphatic carbocycles. The number of benzene rings is 1. The zero-order valence-corrected chi connectivity index (χ0v) is 16.1. The number of aryl methyl sites for hydroxylation is 1. The zero-order valence-electron chi connectivity index (χ0n) is 15.3. The first-order chi connectivity index (χ1) is 12.9. The number of amides is 2. The van der Waals surface area contributed by atoms with Crippen LogP contribution in [0.5, 0.6) is 0 Å². The Bertz CT molecular complexity index is 723. The number of likely N-dealkylation sites (tertiary alicyclic amines) is 1. The number of fused-ring (bicyclic) bond motifs is 1. The van der Waals surface area contributed by atoms with E-state index in [-0.39, 0.29) is 35.8 Å². The summed E-state index contributed by atoms with van der Waals surface area (Å²) in [6.07, 6.45) is 0.433. The molecule has 2 N–H and O–H groups in total. The van der Waals surface area contributed by atoms with Gasteiger partial charge in [-0.3, -0.25) is 14.4 Å². The number of carboxylic acid groups (broad SMARTS) is 1. The van der Waals surface area contributed by atoms with Crippen LogP contribution >= 0.6 is 11.8 Å². The molecule has 2 heterocycles. The number of carboxylic acids is 1. The highest BCUT2D eigenvalue weighted by Gasteiger charge is 2.54. The predicted molar refractivity (Wildman–Crippen MR) is 103 cm³/mol. The number of aliphatic carboxylic acids is 1. The van der Waals surface area contributed by atoms with Crippen molar-refractivity contribution in [1.29, 1.82) is 0 Å². The third-order valence-corrected chi connectivity index (χ3v) is 6.20. The van der Waals surface area contributed by atoms with Gasteiger partial charge in [-0.05, 0) is 25.5 Å². The molecule has 2 aliphatic heterocycles. The molecule has 8 heteroatoms. The van der Waals surface area contributed by atoms with Gasteiger partial charge in [0, 0.05) is 31.3 Å². The second kappa shape index (κ2) is 8.31. The SMILES string of the molecule is Cc1ccc(NC(=O)CSCC(=O)N2C[C@H]3COCC[C@@]3(C(=O)O)C2)cc1. The fourth-order valence-electron chi connectivity index (χ4n) is 3.65. The van der Waals surface area contributed by atoms with Crippen molar-refractivity contribution in [3.8, 4) is 0 Å². The molecular formula is C19H24N2O5S. The number of nitrogens with zero attached hydrogens (tertiary/aromatic N) is 1. The number of carbonyl (C=O) groups is 3. The van der Waals surface area contributed by atoms with Gasteiger partial charge >= 0.3 is 5.97 Å². The summed E-state index contributed by atoms with van der Waals surface area (Å²) in [4.78, 5) is 37.8. The van der Waals surface area contributed by atoms with Crippen molar-refractivity contribution in [2.45, 2.75) is 13.3 Å². The second-order valence-corrected chi connectivity index (χ2v) is 8.15. The molecule has 2 amide bonds. The highest BCUT2D eigenvalue weighted by atomic mass is 32.2. The number of anilines is 1. The van der Waals surface area contributed by atoms with E-state index in [1.165, 1.54) is 11.8 Å². The molecule has 0 aromatic heterocycles. The predicted octanol–water partition coefficient (Wildman–Crippen LogP) is 1.62. The normalized spacial score (nSPS) is 24.3. The van der Waals surface area contributed by atoms with Crippen LogP contribution in [0.3, 0.4) is 0 Å². The van der Waals surface area contributed by atoms with E-state index in [0.717, 1.165) is 11.3 Å². The Hall–Kier alpha value is -2.06. The van der Waals surface area contributed by atoms with Gasteiger partial charge < -0.3 is 20.1 Å². The van der Waals surface area contributed by atoms with E-state index >= 15 is 0 Å². The first-order valence-corrected chi connectivity index (χ1v) is 10.1. The lowest BCUT2D eigenvalue weighted by Gasteiger charge is -2.33. The third kappa shape index (κ3) is 4.44. The molecule has 1 aromatic carbocycles. The molecule has 1 aromatic rings. The largest absolute Gasteiger partial charge is 0.481 e. The number of rotatable bonds is 6. The van der Waals surface area contributed by atoms with Crippen molar-refractivity contribution in [1.82, 2.24) is 4.90 Å². The van der Waals surface area contributed by atoms with Crippen molar-refractivity contribution in [3.63, 3.8) is 0 Å². The van der Waals surface area contributed by atoms with E-state index < -0.39 is 11.4 Å². The topological polar surface area (TPSA) is 95.9 Å². The second-order valence-electron chi connectivity index (χ2n) is 7.16. The van der Waals surface area contributed by atoms with Crippen LogP contribution in [0.15, 0.2) is 24.3 Å². The molecule has 7 nitrogen and oxygen atoms in total. The lowest BCUT2D eigenvalue weighted by molar-refractivity contribution is -0.157. The molecule has 0 saturated carbocycles. The molecular weight excluding hydrogens is 368 g/mol. The zero-order chi connectivity index (χ0) is 19.4. The van der Waals surface area contributed by atoms with Crippen LogP contribution in [-0.4, -0.2) is 65.6 Å². The minimum atomic E-state index is -0.888. The van der Waals surface area contributed by atoms with Crippen LogP contribution in [0.2, 0.25) is 0 Å². The summed E-state index contributed by atoms with van der Waals surface area (Å²) in [5, 5.41) is 12.4. The number of ether oxygens (including phenoxy) is 1. The van der Waals surface area contributed by atoms with Crippen LogP contribution in [0.4, 0.5) is 5.69 Å². The van der Waals surface area contributed by atoms with Crippen molar-refractivity contribution in [3.05, 3.63) is 29.8 Å². The van der Waals surface area contributed by atoms with Crippen molar-refractivity contribution in [2.24, 2.45) is 11.3 Å². The Morgan fingerprint density at radius 1 is 1.30 bits per heavy atom. The van der Waals surface area contributed by atoms with Gasteiger partial charge in [0.15, 0.2) is 0 Å². The Balaban J connectivity index is 1.46. The maximum Gasteiger partial charge on any atom is 0.311 e. The van der Waals surface area contributed by atoms with E-state index in [2.05, 4.69) is 5.32 Å². The van der Waals surface area contributed by atoms with E-state index in [9.17, 15) is 19.5 Å². The Morgan fingerprint density at radius 3 is 2.70 bits per heavy atom. The van der Waals surface area contributed by atoms with Crippen LogP contribution in [-0.2, 0) is 19.1 Å². The summed E-state index contributed by atoms with van der Waals surface area (Å²) in [5.41, 5.74) is 0.953.